The fourth-order valence-corrected chi connectivity index (χ4v) is 2.80. The SMILES string of the molecule is COC(=O)c1cccc(Cc2cnc(OCc3ccccc3)c(C(F)(F)F)c2)c1. The summed E-state index contributed by atoms with van der Waals surface area (Å²) in [6, 6.07) is 16.5. The van der Waals surface area contributed by atoms with E-state index in [0.717, 1.165) is 11.6 Å². The number of alkyl halides is 3. The molecule has 3 aromatic rings. The number of carbonyl (C=O) groups is 1. The minimum atomic E-state index is -4.61. The lowest BCUT2D eigenvalue weighted by Gasteiger charge is -2.14. The van der Waals surface area contributed by atoms with Crippen LogP contribution >= 0.6 is 0 Å². The molecular weight excluding hydrogens is 383 g/mol. The Bertz CT molecular complexity index is 988. The smallest absolute Gasteiger partial charge is 0.421 e. The number of nitrogens with zero attached hydrogens (tertiary/aromatic N) is 1. The van der Waals surface area contributed by atoms with Crippen molar-refractivity contribution in [2.75, 3.05) is 7.11 Å². The molecule has 4 nitrogen and oxygen atoms in total. The third kappa shape index (κ3) is 5.34. The van der Waals surface area contributed by atoms with Crippen LogP contribution in [0.25, 0.3) is 0 Å². The van der Waals surface area contributed by atoms with Crippen LogP contribution < -0.4 is 4.74 Å². The molecule has 0 atom stereocenters. The second-order valence-electron chi connectivity index (χ2n) is 6.34. The lowest BCUT2D eigenvalue weighted by atomic mass is 10.0. The van der Waals surface area contributed by atoms with E-state index in [0.29, 0.717) is 16.7 Å². The highest BCUT2D eigenvalue weighted by Crippen LogP contribution is 2.36. The summed E-state index contributed by atoms with van der Waals surface area (Å²) in [5.74, 6) is -0.973. The number of hydrogen-bond acceptors (Lipinski definition) is 4. The van der Waals surface area contributed by atoms with Crippen LogP contribution in [0.5, 0.6) is 5.88 Å². The van der Waals surface area contributed by atoms with Gasteiger partial charge in [-0.15, -0.1) is 0 Å². The van der Waals surface area contributed by atoms with E-state index >= 15 is 0 Å². The molecule has 29 heavy (non-hydrogen) atoms. The van der Waals surface area contributed by atoms with Crippen molar-refractivity contribution in [3.8, 4) is 5.88 Å². The highest BCUT2D eigenvalue weighted by molar-refractivity contribution is 5.89. The normalized spacial score (nSPS) is 11.2. The zero-order valence-corrected chi connectivity index (χ0v) is 15.6. The fourth-order valence-electron chi connectivity index (χ4n) is 2.80. The van der Waals surface area contributed by atoms with Crippen LogP contribution in [-0.2, 0) is 23.9 Å². The first-order valence-corrected chi connectivity index (χ1v) is 8.77. The molecule has 0 radical (unpaired) electrons. The van der Waals surface area contributed by atoms with Gasteiger partial charge in [-0.3, -0.25) is 0 Å². The first-order valence-electron chi connectivity index (χ1n) is 8.77. The van der Waals surface area contributed by atoms with E-state index in [2.05, 4.69) is 9.72 Å². The largest absolute Gasteiger partial charge is 0.472 e. The molecule has 0 spiro atoms. The van der Waals surface area contributed by atoms with Crippen LogP contribution in [0.1, 0.15) is 32.6 Å². The Labute approximate surface area is 165 Å². The molecule has 0 saturated carbocycles. The molecule has 1 aromatic heterocycles. The average molecular weight is 401 g/mol. The van der Waals surface area contributed by atoms with E-state index in [-0.39, 0.29) is 13.0 Å². The number of ether oxygens (including phenoxy) is 2. The number of pyridine rings is 1. The van der Waals surface area contributed by atoms with Gasteiger partial charge in [-0.1, -0.05) is 42.5 Å². The van der Waals surface area contributed by atoms with E-state index in [1.54, 1.807) is 48.5 Å². The fraction of sp³-hybridized carbons (Fsp3) is 0.182. The molecule has 0 N–H and O–H groups in total. The molecule has 0 fully saturated rings. The maximum Gasteiger partial charge on any atom is 0.421 e. The van der Waals surface area contributed by atoms with Crippen molar-refractivity contribution in [3.05, 3.63) is 94.7 Å². The topological polar surface area (TPSA) is 48.4 Å². The summed E-state index contributed by atoms with van der Waals surface area (Å²) in [5.41, 5.74) is 1.16. The van der Waals surface area contributed by atoms with Crippen LogP contribution in [0, 0.1) is 0 Å². The third-order valence-electron chi connectivity index (χ3n) is 4.19. The first-order chi connectivity index (χ1) is 13.9. The molecule has 1 heterocycles. The van der Waals surface area contributed by atoms with Gasteiger partial charge in [0.1, 0.15) is 12.2 Å². The molecule has 0 aliphatic rings. The number of carbonyl (C=O) groups excluding carboxylic acids is 1. The van der Waals surface area contributed by atoms with Gasteiger partial charge in [-0.2, -0.15) is 13.2 Å². The monoisotopic (exact) mass is 401 g/mol. The molecule has 0 bridgehead atoms. The van der Waals surface area contributed by atoms with E-state index in [1.807, 2.05) is 6.07 Å². The molecule has 2 aromatic carbocycles. The molecule has 7 heteroatoms. The van der Waals surface area contributed by atoms with Crippen molar-refractivity contribution in [2.24, 2.45) is 0 Å². The van der Waals surface area contributed by atoms with Gasteiger partial charge < -0.3 is 9.47 Å². The Morgan fingerprint density at radius 3 is 2.38 bits per heavy atom. The number of halogens is 3. The van der Waals surface area contributed by atoms with Crippen LogP contribution in [0.2, 0.25) is 0 Å². The number of aromatic nitrogens is 1. The van der Waals surface area contributed by atoms with Gasteiger partial charge in [-0.05, 0) is 41.3 Å². The maximum atomic E-state index is 13.5. The Balaban J connectivity index is 1.83. The van der Waals surface area contributed by atoms with Crippen molar-refractivity contribution in [1.29, 1.82) is 0 Å². The molecule has 150 valence electrons. The predicted octanol–water partition coefficient (Wildman–Crippen LogP) is 5.06. The molecular formula is C22H18F3NO3. The minimum Gasteiger partial charge on any atom is -0.472 e. The number of benzene rings is 2. The van der Waals surface area contributed by atoms with Gasteiger partial charge in [0.15, 0.2) is 0 Å². The Hall–Kier alpha value is -3.35. The second kappa shape index (κ2) is 8.77. The van der Waals surface area contributed by atoms with Crippen molar-refractivity contribution in [3.63, 3.8) is 0 Å². The van der Waals surface area contributed by atoms with Crippen molar-refractivity contribution >= 4 is 5.97 Å². The zero-order chi connectivity index (χ0) is 20.9. The molecule has 0 aliphatic carbocycles. The molecule has 0 unspecified atom stereocenters. The summed E-state index contributed by atoms with van der Waals surface area (Å²) in [7, 11) is 1.27. The minimum absolute atomic E-state index is 0.0164. The van der Waals surface area contributed by atoms with Crippen molar-refractivity contribution < 1.29 is 27.4 Å². The van der Waals surface area contributed by atoms with Gasteiger partial charge in [0.05, 0.1) is 12.7 Å². The van der Waals surface area contributed by atoms with E-state index in [1.165, 1.54) is 13.3 Å². The number of hydrogen-bond donors (Lipinski definition) is 0. The Kier molecular flexibility index (Phi) is 6.16. The molecule has 0 saturated heterocycles. The van der Waals surface area contributed by atoms with Gasteiger partial charge in [-0.25, -0.2) is 9.78 Å². The molecule has 3 rings (SSSR count). The van der Waals surface area contributed by atoms with Crippen LogP contribution in [0.15, 0.2) is 66.9 Å². The van der Waals surface area contributed by atoms with Crippen molar-refractivity contribution in [2.45, 2.75) is 19.2 Å². The number of methoxy groups -OCH3 is 1. The van der Waals surface area contributed by atoms with Gasteiger partial charge in [0, 0.05) is 6.20 Å². The maximum absolute atomic E-state index is 13.5. The van der Waals surface area contributed by atoms with Crippen molar-refractivity contribution in [1.82, 2.24) is 4.98 Å². The summed E-state index contributed by atoms with van der Waals surface area (Å²) in [4.78, 5) is 15.5. The van der Waals surface area contributed by atoms with E-state index in [4.69, 9.17) is 4.74 Å². The lowest BCUT2D eigenvalue weighted by Crippen LogP contribution is -2.11. The van der Waals surface area contributed by atoms with Gasteiger partial charge >= 0.3 is 12.1 Å². The predicted molar refractivity (Wildman–Crippen MR) is 101 cm³/mol. The van der Waals surface area contributed by atoms with Crippen LogP contribution in [0.3, 0.4) is 0 Å². The Morgan fingerprint density at radius 2 is 1.69 bits per heavy atom. The summed E-state index contributed by atoms with van der Waals surface area (Å²) in [5, 5.41) is 0. The van der Waals surface area contributed by atoms with Gasteiger partial charge in [0.25, 0.3) is 0 Å². The van der Waals surface area contributed by atoms with E-state index < -0.39 is 23.6 Å². The average Bonchev–Trinajstić information content (AvgIpc) is 2.72. The number of rotatable bonds is 6. The van der Waals surface area contributed by atoms with Gasteiger partial charge in [0.2, 0.25) is 5.88 Å². The summed E-state index contributed by atoms with van der Waals surface area (Å²) >= 11 is 0. The quantitative estimate of drug-likeness (QED) is 0.542. The summed E-state index contributed by atoms with van der Waals surface area (Å²) < 4.78 is 50.6. The highest BCUT2D eigenvalue weighted by Gasteiger charge is 2.35. The summed E-state index contributed by atoms with van der Waals surface area (Å²) in [6.07, 6.45) is -3.08. The molecule has 0 amide bonds. The zero-order valence-electron chi connectivity index (χ0n) is 15.6. The first kappa shape index (κ1) is 20.4. The number of esters is 1. The highest BCUT2D eigenvalue weighted by atomic mass is 19.4. The van der Waals surface area contributed by atoms with E-state index in [9.17, 15) is 18.0 Å². The Morgan fingerprint density at radius 1 is 0.966 bits per heavy atom. The third-order valence-corrected chi connectivity index (χ3v) is 4.19. The van der Waals surface area contributed by atoms with Crippen LogP contribution in [0.4, 0.5) is 13.2 Å². The summed E-state index contributed by atoms with van der Waals surface area (Å²) in [6.45, 7) is -0.0164. The molecule has 0 aliphatic heterocycles. The van der Waals surface area contributed by atoms with Crippen LogP contribution in [-0.4, -0.2) is 18.1 Å². The standard InChI is InChI=1S/C22H18F3NO3/c1-28-21(27)18-9-5-8-16(11-18)10-17-12-19(22(23,24)25)20(26-13-17)29-14-15-6-3-2-4-7-15/h2-9,11-13H,10,14H2,1H3. The lowest BCUT2D eigenvalue weighted by molar-refractivity contribution is -0.139. The second-order valence-corrected chi connectivity index (χ2v) is 6.34.